The molecule has 0 spiro atoms. The van der Waals surface area contributed by atoms with E-state index in [1.807, 2.05) is 24.3 Å². The molecular formula is C15H24NO2+. The number of esters is 1. The summed E-state index contributed by atoms with van der Waals surface area (Å²) in [6.45, 7) is 4.72. The smallest absolute Gasteiger partial charge is 0.338 e. The average Bonchev–Trinajstić information content (AvgIpc) is 2.27. The van der Waals surface area contributed by atoms with Crippen LogP contribution >= 0.6 is 0 Å². The van der Waals surface area contributed by atoms with Crippen molar-refractivity contribution >= 4 is 11.7 Å². The molecule has 0 unspecified atom stereocenters. The lowest BCUT2D eigenvalue weighted by Crippen LogP contribution is -2.34. The normalized spacial score (nSPS) is 11.7. The van der Waals surface area contributed by atoms with Gasteiger partial charge in [0.2, 0.25) is 0 Å². The van der Waals surface area contributed by atoms with Crippen LogP contribution in [0.25, 0.3) is 0 Å². The molecule has 0 saturated carbocycles. The molecule has 1 aromatic carbocycles. The second-order valence-electron chi connectivity index (χ2n) is 5.88. The summed E-state index contributed by atoms with van der Waals surface area (Å²) in [5, 5.41) is 0. The van der Waals surface area contributed by atoms with Crippen molar-refractivity contribution in [2.75, 3.05) is 27.7 Å². The lowest BCUT2D eigenvalue weighted by atomic mass is 10.1. The van der Waals surface area contributed by atoms with Gasteiger partial charge in [-0.2, -0.15) is 0 Å². The summed E-state index contributed by atoms with van der Waals surface area (Å²) in [4.78, 5) is 11.8. The largest absolute Gasteiger partial charge is 0.462 e. The molecule has 0 saturated heterocycles. The Labute approximate surface area is 110 Å². The van der Waals surface area contributed by atoms with Crippen LogP contribution in [0.4, 0.5) is 5.69 Å². The van der Waals surface area contributed by atoms with Crippen LogP contribution in [0.3, 0.4) is 0 Å². The van der Waals surface area contributed by atoms with Gasteiger partial charge in [-0.1, -0.05) is 13.8 Å². The molecule has 0 amide bonds. The van der Waals surface area contributed by atoms with Gasteiger partial charge in [-0.05, 0) is 36.6 Å². The Kier molecular flexibility index (Phi) is 4.91. The Bertz CT molecular complexity index is 388. The number of ether oxygens (including phenoxy) is 1. The van der Waals surface area contributed by atoms with E-state index in [4.69, 9.17) is 4.74 Å². The highest BCUT2D eigenvalue weighted by Gasteiger charge is 2.13. The van der Waals surface area contributed by atoms with Crippen molar-refractivity contribution in [1.29, 1.82) is 0 Å². The molecule has 0 aliphatic rings. The Hall–Kier alpha value is -1.35. The van der Waals surface area contributed by atoms with E-state index in [2.05, 4.69) is 35.0 Å². The molecule has 3 heteroatoms. The highest BCUT2D eigenvalue weighted by Crippen LogP contribution is 2.17. The molecule has 0 aromatic heterocycles. The van der Waals surface area contributed by atoms with E-state index >= 15 is 0 Å². The van der Waals surface area contributed by atoms with Crippen molar-refractivity contribution in [3.05, 3.63) is 29.8 Å². The number of carbonyl (C=O) groups excluding carboxylic acids is 1. The molecule has 1 rings (SSSR count). The first kappa shape index (κ1) is 14.7. The van der Waals surface area contributed by atoms with Gasteiger partial charge >= 0.3 is 5.97 Å². The first-order valence-corrected chi connectivity index (χ1v) is 6.40. The van der Waals surface area contributed by atoms with Crippen molar-refractivity contribution in [2.24, 2.45) is 5.92 Å². The number of quaternary nitrogens is 1. The summed E-state index contributed by atoms with van der Waals surface area (Å²) < 4.78 is 5.96. The second-order valence-corrected chi connectivity index (χ2v) is 5.88. The van der Waals surface area contributed by atoms with E-state index in [-0.39, 0.29) is 5.97 Å². The number of hydrogen-bond acceptors (Lipinski definition) is 2. The van der Waals surface area contributed by atoms with Crippen molar-refractivity contribution in [3.8, 4) is 0 Å². The fourth-order valence-electron chi connectivity index (χ4n) is 1.52. The number of nitrogens with zero attached hydrogens (tertiary/aromatic N) is 1. The van der Waals surface area contributed by atoms with E-state index in [1.165, 1.54) is 0 Å². The Balaban J connectivity index is 2.60. The van der Waals surface area contributed by atoms with Gasteiger partial charge in [-0.3, -0.25) is 4.48 Å². The van der Waals surface area contributed by atoms with E-state index in [1.54, 1.807) is 0 Å². The van der Waals surface area contributed by atoms with Crippen LogP contribution in [-0.2, 0) is 4.74 Å². The Morgan fingerprint density at radius 1 is 1.17 bits per heavy atom. The summed E-state index contributed by atoms with van der Waals surface area (Å²) >= 11 is 0. The first-order valence-electron chi connectivity index (χ1n) is 6.40. The van der Waals surface area contributed by atoms with Gasteiger partial charge in [-0.15, -0.1) is 0 Å². The summed E-state index contributed by atoms with van der Waals surface area (Å²) in [5.41, 5.74) is 1.78. The van der Waals surface area contributed by atoms with Gasteiger partial charge in [0, 0.05) is 0 Å². The second kappa shape index (κ2) is 6.01. The number of hydrogen-bond donors (Lipinski definition) is 0. The quantitative estimate of drug-likeness (QED) is 0.593. The third-order valence-electron chi connectivity index (χ3n) is 2.81. The molecule has 0 bridgehead atoms. The molecule has 0 aliphatic heterocycles. The van der Waals surface area contributed by atoms with Gasteiger partial charge < -0.3 is 4.74 Å². The zero-order valence-corrected chi connectivity index (χ0v) is 12.1. The van der Waals surface area contributed by atoms with Crippen LogP contribution in [-0.4, -0.2) is 33.7 Å². The minimum absolute atomic E-state index is 0.233. The van der Waals surface area contributed by atoms with Crippen LogP contribution in [0.1, 0.15) is 30.6 Å². The lowest BCUT2D eigenvalue weighted by molar-refractivity contribution is 0.0488. The Morgan fingerprint density at radius 3 is 2.17 bits per heavy atom. The number of carbonyl (C=O) groups is 1. The maximum atomic E-state index is 11.8. The van der Waals surface area contributed by atoms with Crippen LogP contribution in [0.15, 0.2) is 24.3 Å². The fourth-order valence-corrected chi connectivity index (χ4v) is 1.52. The summed E-state index contributed by atoms with van der Waals surface area (Å²) in [5.74, 6) is 0.321. The summed E-state index contributed by atoms with van der Waals surface area (Å²) in [6, 6.07) is 7.60. The molecule has 0 fully saturated rings. The zero-order valence-electron chi connectivity index (χ0n) is 12.1. The molecule has 0 aliphatic carbocycles. The van der Waals surface area contributed by atoms with E-state index in [9.17, 15) is 4.79 Å². The molecule has 0 heterocycles. The highest BCUT2D eigenvalue weighted by atomic mass is 16.5. The summed E-state index contributed by atoms with van der Waals surface area (Å²) in [7, 11) is 6.28. The molecule has 3 nitrogen and oxygen atoms in total. The third-order valence-corrected chi connectivity index (χ3v) is 2.81. The minimum Gasteiger partial charge on any atom is -0.462 e. The van der Waals surface area contributed by atoms with Gasteiger partial charge in [0.15, 0.2) is 0 Å². The molecule has 0 N–H and O–H groups in total. The standard InChI is InChI=1S/C15H24NO2/c1-12(2)10-11-18-15(17)13-6-8-14(9-7-13)16(3,4)5/h6-9,12H,10-11H2,1-5H3/q+1. The molecule has 1 aromatic rings. The van der Waals surface area contributed by atoms with Gasteiger partial charge in [0.05, 0.1) is 33.3 Å². The minimum atomic E-state index is -0.233. The maximum absolute atomic E-state index is 11.8. The highest BCUT2D eigenvalue weighted by molar-refractivity contribution is 5.89. The van der Waals surface area contributed by atoms with E-state index < -0.39 is 0 Å². The van der Waals surface area contributed by atoms with Crippen LogP contribution in [0, 0.1) is 5.92 Å². The predicted molar refractivity (Wildman–Crippen MR) is 75.7 cm³/mol. The van der Waals surface area contributed by atoms with Crippen LogP contribution in [0.2, 0.25) is 0 Å². The molecule has 18 heavy (non-hydrogen) atoms. The monoisotopic (exact) mass is 250 g/mol. The predicted octanol–water partition coefficient (Wildman–Crippen LogP) is 3.09. The van der Waals surface area contributed by atoms with Gasteiger partial charge in [-0.25, -0.2) is 4.79 Å². The van der Waals surface area contributed by atoms with Crippen LogP contribution in [0.5, 0.6) is 0 Å². The van der Waals surface area contributed by atoms with Gasteiger partial charge in [0.25, 0.3) is 0 Å². The zero-order chi connectivity index (χ0) is 13.8. The van der Waals surface area contributed by atoms with Crippen molar-refractivity contribution in [2.45, 2.75) is 20.3 Å². The number of rotatable bonds is 5. The van der Waals surface area contributed by atoms with Crippen LogP contribution < -0.4 is 4.48 Å². The first-order chi connectivity index (χ1) is 8.30. The lowest BCUT2D eigenvalue weighted by Gasteiger charge is -2.23. The topological polar surface area (TPSA) is 26.3 Å². The average molecular weight is 250 g/mol. The fraction of sp³-hybridized carbons (Fsp3) is 0.533. The molecule has 0 atom stereocenters. The maximum Gasteiger partial charge on any atom is 0.338 e. The molecular weight excluding hydrogens is 226 g/mol. The summed E-state index contributed by atoms with van der Waals surface area (Å²) in [6.07, 6.45) is 0.905. The van der Waals surface area contributed by atoms with Crippen molar-refractivity contribution in [1.82, 2.24) is 4.48 Å². The third kappa shape index (κ3) is 4.49. The van der Waals surface area contributed by atoms with E-state index in [0.717, 1.165) is 16.6 Å². The number of benzene rings is 1. The van der Waals surface area contributed by atoms with E-state index in [0.29, 0.717) is 18.1 Å². The van der Waals surface area contributed by atoms with Crippen molar-refractivity contribution in [3.63, 3.8) is 0 Å². The molecule has 0 radical (unpaired) electrons. The SMILES string of the molecule is CC(C)CCOC(=O)c1ccc([N+](C)(C)C)cc1. The van der Waals surface area contributed by atoms with Gasteiger partial charge in [0.1, 0.15) is 5.69 Å². The van der Waals surface area contributed by atoms with Crippen molar-refractivity contribution < 1.29 is 9.53 Å². The Morgan fingerprint density at radius 2 is 1.72 bits per heavy atom. The molecule has 100 valence electrons.